The van der Waals surface area contributed by atoms with E-state index in [0.717, 1.165) is 30.1 Å². The molecule has 7 heteroatoms. The van der Waals surface area contributed by atoms with Crippen molar-refractivity contribution in [2.45, 2.75) is 40.0 Å². The van der Waals surface area contributed by atoms with E-state index in [0.29, 0.717) is 17.8 Å². The summed E-state index contributed by atoms with van der Waals surface area (Å²) in [6.45, 7) is 6.57. The molecule has 1 aromatic heterocycles. The number of carboxylic acid groups (broad SMARTS) is 1. The molecule has 1 saturated heterocycles. The van der Waals surface area contributed by atoms with Gasteiger partial charge in [-0.1, -0.05) is 31.7 Å². The van der Waals surface area contributed by atoms with Gasteiger partial charge in [0.25, 0.3) is 5.91 Å². The van der Waals surface area contributed by atoms with E-state index in [4.69, 9.17) is 0 Å². The average Bonchev–Trinajstić information content (AvgIpc) is 3.05. The molecule has 1 aliphatic heterocycles. The number of hydrogen-bond acceptors (Lipinski definition) is 5. The van der Waals surface area contributed by atoms with E-state index in [1.807, 2.05) is 20.8 Å². The topological polar surface area (TPSA) is 83.4 Å². The van der Waals surface area contributed by atoms with Crippen LogP contribution in [0, 0.1) is 11.3 Å². The molecule has 0 spiro atoms. The van der Waals surface area contributed by atoms with Crippen LogP contribution in [0.3, 0.4) is 0 Å². The number of carbonyl (C=O) groups excluding carboxylic acids is 1. The third kappa shape index (κ3) is 2.79. The summed E-state index contributed by atoms with van der Waals surface area (Å²) in [7, 11) is 0. The highest BCUT2D eigenvalue weighted by atomic mass is 32.1. The molecular formula is C14H21N3O3S. The Balaban J connectivity index is 2.19. The summed E-state index contributed by atoms with van der Waals surface area (Å²) in [6.07, 6.45) is 2.12. The number of nitrogens with zero attached hydrogens (tertiary/aromatic N) is 3. The Morgan fingerprint density at radius 2 is 2.19 bits per heavy atom. The third-order valence-electron chi connectivity index (χ3n) is 4.36. The van der Waals surface area contributed by atoms with E-state index in [9.17, 15) is 14.7 Å². The van der Waals surface area contributed by atoms with Crippen LogP contribution in [0.2, 0.25) is 0 Å². The molecule has 1 aliphatic rings. The lowest BCUT2D eigenvalue weighted by atomic mass is 9.76. The first-order valence-corrected chi connectivity index (χ1v) is 8.03. The lowest BCUT2D eigenvalue weighted by Gasteiger charge is -2.28. The normalized spacial score (nSPS) is 22.0. The van der Waals surface area contributed by atoms with Crippen LogP contribution in [0.4, 0.5) is 0 Å². The molecule has 0 aromatic carbocycles. The van der Waals surface area contributed by atoms with Crippen molar-refractivity contribution in [1.82, 2.24) is 14.5 Å². The molecule has 2 heterocycles. The number of hydrogen-bond donors (Lipinski definition) is 1. The number of aryl methyl sites for hydroxylation is 1. The van der Waals surface area contributed by atoms with Crippen LogP contribution < -0.4 is 0 Å². The summed E-state index contributed by atoms with van der Waals surface area (Å²) in [4.78, 5) is 26.4. The van der Waals surface area contributed by atoms with Crippen molar-refractivity contribution in [2.24, 2.45) is 11.3 Å². The van der Waals surface area contributed by atoms with E-state index >= 15 is 0 Å². The van der Waals surface area contributed by atoms with Crippen LogP contribution in [0.25, 0.3) is 0 Å². The first-order valence-electron chi connectivity index (χ1n) is 7.26. The Labute approximate surface area is 128 Å². The quantitative estimate of drug-likeness (QED) is 0.900. The molecule has 1 N–H and O–H groups in total. The fourth-order valence-electron chi connectivity index (χ4n) is 2.81. The first kappa shape index (κ1) is 15.9. The Bertz CT molecular complexity index is 543. The SMILES string of the molecule is CCCc1nnsc1C(=O)N1CCC(C(=O)O)(C(C)C)C1. The zero-order chi connectivity index (χ0) is 15.6. The van der Waals surface area contributed by atoms with Crippen molar-refractivity contribution in [3.63, 3.8) is 0 Å². The maximum atomic E-state index is 12.6. The number of aromatic nitrogens is 2. The number of amides is 1. The van der Waals surface area contributed by atoms with Gasteiger partial charge in [-0.25, -0.2) is 0 Å². The second-order valence-electron chi connectivity index (χ2n) is 5.89. The van der Waals surface area contributed by atoms with Crippen LogP contribution in [-0.2, 0) is 11.2 Å². The van der Waals surface area contributed by atoms with Crippen LogP contribution in [0.1, 0.15) is 49.0 Å². The fourth-order valence-corrected chi connectivity index (χ4v) is 3.49. The second-order valence-corrected chi connectivity index (χ2v) is 6.65. The maximum absolute atomic E-state index is 12.6. The van der Waals surface area contributed by atoms with E-state index in [-0.39, 0.29) is 18.4 Å². The minimum absolute atomic E-state index is 0.0116. The standard InChI is InChI=1S/C14H21N3O3S/c1-4-5-10-11(21-16-15-10)12(18)17-7-6-14(8-17,9(2)3)13(19)20/h9H,4-8H2,1-3H3,(H,19,20). The number of rotatable bonds is 5. The van der Waals surface area contributed by atoms with Crippen molar-refractivity contribution in [3.05, 3.63) is 10.6 Å². The van der Waals surface area contributed by atoms with Gasteiger partial charge in [0, 0.05) is 13.1 Å². The predicted molar refractivity (Wildman–Crippen MR) is 79.3 cm³/mol. The molecule has 0 radical (unpaired) electrons. The fraction of sp³-hybridized carbons (Fsp3) is 0.714. The van der Waals surface area contributed by atoms with Crippen LogP contribution >= 0.6 is 11.5 Å². The summed E-state index contributed by atoms with van der Waals surface area (Å²) in [5.74, 6) is -0.955. The monoisotopic (exact) mass is 311 g/mol. The van der Waals surface area contributed by atoms with E-state index in [2.05, 4.69) is 9.59 Å². The molecule has 0 bridgehead atoms. The molecule has 21 heavy (non-hydrogen) atoms. The van der Waals surface area contributed by atoms with Crippen molar-refractivity contribution in [3.8, 4) is 0 Å². The van der Waals surface area contributed by atoms with E-state index < -0.39 is 11.4 Å². The first-order chi connectivity index (χ1) is 9.92. The number of aliphatic carboxylic acids is 1. The number of carbonyl (C=O) groups is 2. The Kier molecular flexibility index (Phi) is 4.61. The van der Waals surface area contributed by atoms with Crippen molar-refractivity contribution in [2.75, 3.05) is 13.1 Å². The van der Waals surface area contributed by atoms with Gasteiger partial charge in [0.1, 0.15) is 4.88 Å². The highest BCUT2D eigenvalue weighted by molar-refractivity contribution is 7.08. The highest BCUT2D eigenvalue weighted by Crippen LogP contribution is 2.39. The van der Waals surface area contributed by atoms with Crippen LogP contribution in [0.15, 0.2) is 0 Å². The average molecular weight is 311 g/mol. The predicted octanol–water partition coefficient (Wildman–Crippen LogP) is 2.06. The summed E-state index contributed by atoms with van der Waals surface area (Å²) in [6, 6.07) is 0. The van der Waals surface area contributed by atoms with Crippen molar-refractivity contribution in [1.29, 1.82) is 0 Å². The summed E-state index contributed by atoms with van der Waals surface area (Å²) in [5, 5.41) is 13.6. The van der Waals surface area contributed by atoms with E-state index in [1.54, 1.807) is 4.90 Å². The second kappa shape index (κ2) is 6.09. The third-order valence-corrected chi connectivity index (χ3v) is 5.11. The summed E-state index contributed by atoms with van der Waals surface area (Å²) >= 11 is 1.10. The van der Waals surface area contributed by atoms with Crippen LogP contribution in [-0.4, -0.2) is 44.6 Å². The zero-order valence-electron chi connectivity index (χ0n) is 12.6. The molecule has 1 fully saturated rings. The minimum Gasteiger partial charge on any atom is -0.481 e. The smallest absolute Gasteiger partial charge is 0.311 e. The molecule has 1 aromatic rings. The van der Waals surface area contributed by atoms with Gasteiger partial charge in [0.05, 0.1) is 11.1 Å². The number of likely N-dealkylation sites (tertiary alicyclic amines) is 1. The lowest BCUT2D eigenvalue weighted by Crippen LogP contribution is -2.40. The minimum atomic E-state index is -0.835. The molecule has 116 valence electrons. The summed E-state index contributed by atoms with van der Waals surface area (Å²) in [5.41, 5.74) is -0.108. The van der Waals surface area contributed by atoms with Gasteiger partial charge in [-0.2, -0.15) is 0 Å². The van der Waals surface area contributed by atoms with Gasteiger partial charge in [0.15, 0.2) is 0 Å². The van der Waals surface area contributed by atoms with Crippen molar-refractivity contribution < 1.29 is 14.7 Å². The lowest BCUT2D eigenvalue weighted by molar-refractivity contribution is -0.150. The van der Waals surface area contributed by atoms with Crippen molar-refractivity contribution >= 4 is 23.4 Å². The molecule has 6 nitrogen and oxygen atoms in total. The molecule has 0 saturated carbocycles. The van der Waals surface area contributed by atoms with Gasteiger partial charge < -0.3 is 10.0 Å². The largest absolute Gasteiger partial charge is 0.481 e. The highest BCUT2D eigenvalue weighted by Gasteiger charge is 2.48. The van der Waals surface area contributed by atoms with Gasteiger partial charge in [0.2, 0.25) is 0 Å². The molecular weight excluding hydrogens is 290 g/mol. The Morgan fingerprint density at radius 1 is 1.48 bits per heavy atom. The number of carboxylic acids is 1. The van der Waals surface area contributed by atoms with E-state index in [1.165, 1.54) is 0 Å². The molecule has 1 atom stereocenters. The summed E-state index contributed by atoms with van der Waals surface area (Å²) < 4.78 is 3.87. The van der Waals surface area contributed by atoms with Gasteiger partial charge in [-0.05, 0) is 30.3 Å². The maximum Gasteiger partial charge on any atom is 0.311 e. The van der Waals surface area contributed by atoms with Gasteiger partial charge in [-0.15, -0.1) is 5.10 Å². The zero-order valence-corrected chi connectivity index (χ0v) is 13.4. The Hall–Kier alpha value is -1.50. The molecule has 2 rings (SSSR count). The Morgan fingerprint density at radius 3 is 2.71 bits per heavy atom. The molecule has 1 unspecified atom stereocenters. The molecule has 1 amide bonds. The molecule has 0 aliphatic carbocycles. The van der Waals surface area contributed by atoms with Gasteiger partial charge in [-0.3, -0.25) is 9.59 Å². The van der Waals surface area contributed by atoms with Crippen LogP contribution in [0.5, 0.6) is 0 Å². The van der Waals surface area contributed by atoms with Gasteiger partial charge >= 0.3 is 5.97 Å².